The molecule has 0 spiro atoms. The van der Waals surface area contributed by atoms with Gasteiger partial charge in [0, 0.05) is 11.8 Å². The first-order valence-electron chi connectivity index (χ1n) is 9.19. The van der Waals surface area contributed by atoms with Gasteiger partial charge in [0.25, 0.3) is 0 Å². The first-order chi connectivity index (χ1) is 13.0. The van der Waals surface area contributed by atoms with Crippen LogP contribution in [0.3, 0.4) is 0 Å². The Bertz CT molecular complexity index is 631. The number of aliphatic hydroxyl groups excluding tert-OH is 5. The molecular formula is C19H30O9. The highest BCUT2D eigenvalue weighted by atomic mass is 16.7. The summed E-state index contributed by atoms with van der Waals surface area (Å²) < 4.78 is 10.8. The van der Waals surface area contributed by atoms with Crippen LogP contribution < -0.4 is 0 Å². The van der Waals surface area contributed by atoms with E-state index in [2.05, 4.69) is 0 Å². The highest BCUT2D eigenvalue weighted by Gasteiger charge is 2.50. The summed E-state index contributed by atoms with van der Waals surface area (Å²) in [4.78, 5) is 11.8. The molecule has 0 unspecified atom stereocenters. The standard InChI is InChI=1S/C19H30O9/c1-10-6-12(22)7-18(3,9-21)19(10,26)5-4-11(2)27-17-16(25)15(24)14(23)13(8-20)28-17/h4-6,11,13-17,20-21,23-26H,7-9H2,1-3H3/b5-4+/t11-,13-,14-,15+,16-,17-,18-,19+/m1/s1. The third-order valence-corrected chi connectivity index (χ3v) is 5.62. The fourth-order valence-corrected chi connectivity index (χ4v) is 3.62. The van der Waals surface area contributed by atoms with E-state index in [9.17, 15) is 35.4 Å². The smallest absolute Gasteiger partial charge is 0.187 e. The van der Waals surface area contributed by atoms with Gasteiger partial charge in [0.1, 0.15) is 30.0 Å². The number of ether oxygens (including phenoxy) is 2. The molecule has 6 N–H and O–H groups in total. The van der Waals surface area contributed by atoms with Crippen LogP contribution in [0.1, 0.15) is 27.2 Å². The van der Waals surface area contributed by atoms with E-state index in [4.69, 9.17) is 9.47 Å². The second-order valence-electron chi connectivity index (χ2n) is 7.85. The molecule has 9 nitrogen and oxygen atoms in total. The van der Waals surface area contributed by atoms with Gasteiger partial charge in [0.15, 0.2) is 12.1 Å². The second-order valence-corrected chi connectivity index (χ2v) is 7.85. The summed E-state index contributed by atoms with van der Waals surface area (Å²) in [5, 5.41) is 59.8. The maximum Gasteiger partial charge on any atom is 0.187 e. The van der Waals surface area contributed by atoms with E-state index >= 15 is 0 Å². The highest BCUT2D eigenvalue weighted by molar-refractivity contribution is 5.92. The van der Waals surface area contributed by atoms with E-state index in [0.717, 1.165) is 0 Å². The quantitative estimate of drug-likeness (QED) is 0.288. The Kier molecular flexibility index (Phi) is 7.17. The van der Waals surface area contributed by atoms with Gasteiger partial charge in [0.2, 0.25) is 0 Å². The molecule has 1 aliphatic carbocycles. The van der Waals surface area contributed by atoms with Crippen LogP contribution in [0.25, 0.3) is 0 Å². The van der Waals surface area contributed by atoms with Crippen molar-refractivity contribution in [3.05, 3.63) is 23.8 Å². The maximum absolute atomic E-state index is 11.8. The van der Waals surface area contributed by atoms with Crippen LogP contribution in [-0.2, 0) is 14.3 Å². The van der Waals surface area contributed by atoms with Crippen molar-refractivity contribution in [3.63, 3.8) is 0 Å². The normalized spacial score (nSPS) is 43.2. The van der Waals surface area contributed by atoms with Crippen LogP contribution in [0.2, 0.25) is 0 Å². The van der Waals surface area contributed by atoms with E-state index in [1.807, 2.05) is 0 Å². The van der Waals surface area contributed by atoms with Gasteiger partial charge in [-0.25, -0.2) is 0 Å². The lowest BCUT2D eigenvalue weighted by atomic mass is 9.64. The number of rotatable bonds is 6. The zero-order valence-electron chi connectivity index (χ0n) is 16.2. The Hall–Kier alpha value is -1.17. The summed E-state index contributed by atoms with van der Waals surface area (Å²) in [6, 6.07) is 0. The lowest BCUT2D eigenvalue weighted by Crippen LogP contribution is -2.59. The van der Waals surface area contributed by atoms with Crippen molar-refractivity contribution >= 4 is 5.78 Å². The van der Waals surface area contributed by atoms with Gasteiger partial charge in [-0.15, -0.1) is 0 Å². The van der Waals surface area contributed by atoms with Gasteiger partial charge < -0.3 is 40.1 Å². The number of carbonyl (C=O) groups is 1. The molecule has 9 heteroatoms. The number of ketones is 1. The number of allylic oxidation sites excluding steroid dienone is 1. The zero-order chi connectivity index (χ0) is 21.3. The predicted octanol–water partition coefficient (Wildman–Crippen LogP) is -1.60. The molecule has 0 saturated carbocycles. The molecular weight excluding hydrogens is 372 g/mol. The third kappa shape index (κ3) is 4.22. The Labute approximate surface area is 163 Å². The number of hydrogen-bond acceptors (Lipinski definition) is 9. The van der Waals surface area contributed by atoms with Crippen molar-refractivity contribution in [2.24, 2.45) is 5.41 Å². The molecule has 0 aromatic heterocycles. The Morgan fingerprint density at radius 1 is 1.29 bits per heavy atom. The summed E-state index contributed by atoms with van der Waals surface area (Å²) in [5.41, 5.74) is -2.30. The molecule has 28 heavy (non-hydrogen) atoms. The summed E-state index contributed by atoms with van der Waals surface area (Å²) in [7, 11) is 0. The van der Waals surface area contributed by atoms with Crippen LogP contribution in [0.4, 0.5) is 0 Å². The van der Waals surface area contributed by atoms with Gasteiger partial charge >= 0.3 is 0 Å². The topological polar surface area (TPSA) is 157 Å². The summed E-state index contributed by atoms with van der Waals surface area (Å²) in [5.74, 6) is -0.183. The lowest BCUT2D eigenvalue weighted by molar-refractivity contribution is -0.306. The summed E-state index contributed by atoms with van der Waals surface area (Å²) in [6.07, 6.45) is -3.44. The zero-order valence-corrected chi connectivity index (χ0v) is 16.2. The molecule has 1 fully saturated rings. The molecule has 2 aliphatic rings. The summed E-state index contributed by atoms with van der Waals surface area (Å²) >= 11 is 0. The van der Waals surface area contributed by atoms with Crippen molar-refractivity contribution in [3.8, 4) is 0 Å². The molecule has 1 saturated heterocycles. The highest BCUT2D eigenvalue weighted by Crippen LogP contribution is 2.44. The van der Waals surface area contributed by atoms with Crippen molar-refractivity contribution in [2.75, 3.05) is 13.2 Å². The SMILES string of the molecule is CC1=CC(=O)C[C@](C)(CO)[C@]1(O)/C=C/[C@@H](C)O[C@@H]1O[C@H](CO)[C@@H](O)[C@H](O)[C@H]1O. The van der Waals surface area contributed by atoms with Crippen molar-refractivity contribution in [2.45, 2.75) is 69.6 Å². The van der Waals surface area contributed by atoms with Gasteiger partial charge in [-0.2, -0.15) is 0 Å². The maximum atomic E-state index is 11.8. The fraction of sp³-hybridized carbons (Fsp3) is 0.737. The fourth-order valence-electron chi connectivity index (χ4n) is 3.62. The average molecular weight is 402 g/mol. The number of hydrogen-bond donors (Lipinski definition) is 6. The molecule has 0 bridgehead atoms. The van der Waals surface area contributed by atoms with E-state index in [0.29, 0.717) is 5.57 Å². The summed E-state index contributed by atoms with van der Waals surface area (Å²) in [6.45, 7) is 3.83. The van der Waals surface area contributed by atoms with Crippen LogP contribution in [-0.4, -0.2) is 92.0 Å². The van der Waals surface area contributed by atoms with Crippen molar-refractivity contribution in [1.82, 2.24) is 0 Å². The minimum Gasteiger partial charge on any atom is -0.396 e. The van der Waals surface area contributed by atoms with E-state index in [1.54, 1.807) is 20.8 Å². The molecule has 0 aromatic rings. The monoisotopic (exact) mass is 402 g/mol. The van der Waals surface area contributed by atoms with E-state index < -0.39 is 61.0 Å². The van der Waals surface area contributed by atoms with Crippen molar-refractivity contribution < 1.29 is 44.9 Å². The van der Waals surface area contributed by atoms with Gasteiger partial charge in [0.05, 0.1) is 19.3 Å². The number of aliphatic hydroxyl groups is 6. The Balaban J connectivity index is 2.15. The van der Waals surface area contributed by atoms with Gasteiger partial charge in [-0.3, -0.25) is 4.79 Å². The molecule has 1 heterocycles. The molecule has 0 amide bonds. The molecule has 8 atom stereocenters. The average Bonchev–Trinajstić information content (AvgIpc) is 2.65. The third-order valence-electron chi connectivity index (χ3n) is 5.62. The van der Waals surface area contributed by atoms with Crippen LogP contribution in [0, 0.1) is 5.41 Å². The van der Waals surface area contributed by atoms with Crippen molar-refractivity contribution in [1.29, 1.82) is 0 Å². The van der Waals surface area contributed by atoms with Crippen LogP contribution in [0.5, 0.6) is 0 Å². The number of carbonyl (C=O) groups excluding carboxylic acids is 1. The first kappa shape index (κ1) is 23.1. The van der Waals surface area contributed by atoms with Crippen LogP contribution in [0.15, 0.2) is 23.8 Å². The minimum atomic E-state index is -1.58. The molecule has 0 aromatic carbocycles. The molecule has 2 rings (SSSR count). The lowest BCUT2D eigenvalue weighted by Gasteiger charge is -2.45. The second kappa shape index (κ2) is 8.68. The van der Waals surface area contributed by atoms with Crippen LogP contribution >= 0.6 is 0 Å². The first-order valence-corrected chi connectivity index (χ1v) is 9.19. The predicted molar refractivity (Wildman–Crippen MR) is 97.0 cm³/mol. The van der Waals surface area contributed by atoms with E-state index in [1.165, 1.54) is 18.2 Å². The Morgan fingerprint density at radius 3 is 2.50 bits per heavy atom. The largest absolute Gasteiger partial charge is 0.396 e. The van der Waals surface area contributed by atoms with Gasteiger partial charge in [-0.05, 0) is 31.6 Å². The molecule has 0 radical (unpaired) electrons. The van der Waals surface area contributed by atoms with E-state index in [-0.39, 0.29) is 12.2 Å². The minimum absolute atomic E-state index is 0.0242. The Morgan fingerprint density at radius 2 is 1.93 bits per heavy atom. The molecule has 160 valence electrons. The van der Waals surface area contributed by atoms with Gasteiger partial charge in [-0.1, -0.05) is 13.0 Å². The molecule has 1 aliphatic heterocycles.